The van der Waals surface area contributed by atoms with Gasteiger partial charge in [-0.25, -0.2) is 8.42 Å². The molecule has 5 rings (SSSR count). The van der Waals surface area contributed by atoms with Crippen LogP contribution in [-0.2, 0) is 20.3 Å². The number of imidazole rings is 1. The number of hydrogen-bond acceptors (Lipinski definition) is 7. The zero-order valence-electron chi connectivity index (χ0n) is 20.1. The molecule has 3 atom stereocenters. The van der Waals surface area contributed by atoms with E-state index in [0.717, 1.165) is 33.3 Å². The van der Waals surface area contributed by atoms with E-state index in [1.54, 1.807) is 6.07 Å². The van der Waals surface area contributed by atoms with Crippen LogP contribution in [0.25, 0.3) is 33.3 Å². The van der Waals surface area contributed by atoms with Crippen LogP contribution in [0.3, 0.4) is 0 Å². The lowest BCUT2D eigenvalue weighted by atomic mass is 9.99. The Kier molecular flexibility index (Phi) is 7.24. The number of aliphatic hydroxyl groups excluding tert-OH is 2. The van der Waals surface area contributed by atoms with Crippen LogP contribution in [0.5, 0.6) is 6.01 Å². The van der Waals surface area contributed by atoms with Crippen molar-refractivity contribution in [1.29, 1.82) is 0 Å². The standard InChI is InChI=1S/C27H27ClN2O6S/c1-37(33,34)15-16-2-4-17(5-3-16)18-6-8-19(9-7-18)21-11-23-24(12-22(21)28)30-27(29-23)36-20-10-25(32)26(13-31)35-14-20/h2-9,11-12,20,25-26,31-32H,10,13-15H2,1H3,(H,29,30). The number of halogens is 1. The summed E-state index contributed by atoms with van der Waals surface area (Å²) in [5, 5.41) is 19.8. The second kappa shape index (κ2) is 10.4. The molecule has 0 saturated carbocycles. The third-order valence-corrected chi connectivity index (χ3v) is 7.52. The number of aromatic amines is 1. The number of ether oxygens (including phenoxy) is 2. The van der Waals surface area contributed by atoms with Crippen LogP contribution in [0.15, 0.2) is 60.7 Å². The highest BCUT2D eigenvalue weighted by atomic mass is 35.5. The molecule has 3 unspecified atom stereocenters. The molecule has 1 aromatic heterocycles. The number of H-pyrrole nitrogens is 1. The van der Waals surface area contributed by atoms with E-state index in [-0.39, 0.29) is 25.1 Å². The number of fused-ring (bicyclic) bond motifs is 1. The monoisotopic (exact) mass is 542 g/mol. The first-order chi connectivity index (χ1) is 17.7. The van der Waals surface area contributed by atoms with E-state index in [4.69, 9.17) is 21.1 Å². The van der Waals surface area contributed by atoms with Gasteiger partial charge in [-0.1, -0.05) is 60.1 Å². The van der Waals surface area contributed by atoms with Crippen molar-refractivity contribution >= 4 is 32.5 Å². The highest BCUT2D eigenvalue weighted by Gasteiger charge is 2.31. The van der Waals surface area contributed by atoms with E-state index >= 15 is 0 Å². The number of nitrogens with zero attached hydrogens (tertiary/aromatic N) is 1. The molecule has 37 heavy (non-hydrogen) atoms. The van der Waals surface area contributed by atoms with Gasteiger partial charge in [-0.05, 0) is 34.4 Å². The second-order valence-electron chi connectivity index (χ2n) is 9.33. The third kappa shape index (κ3) is 5.97. The summed E-state index contributed by atoms with van der Waals surface area (Å²) in [5.74, 6) is 0.0215. The van der Waals surface area contributed by atoms with Gasteiger partial charge in [-0.15, -0.1) is 0 Å². The molecular weight excluding hydrogens is 516 g/mol. The molecule has 0 spiro atoms. The molecule has 1 aliphatic heterocycles. The molecule has 194 valence electrons. The molecule has 0 bridgehead atoms. The van der Waals surface area contributed by atoms with Gasteiger partial charge in [0.05, 0.1) is 41.1 Å². The van der Waals surface area contributed by atoms with Crippen LogP contribution in [0.2, 0.25) is 5.02 Å². The van der Waals surface area contributed by atoms with Crippen LogP contribution >= 0.6 is 11.6 Å². The van der Waals surface area contributed by atoms with Crippen LogP contribution < -0.4 is 4.74 Å². The Morgan fingerprint density at radius 1 is 1.08 bits per heavy atom. The first-order valence-corrected chi connectivity index (χ1v) is 14.3. The predicted octanol–water partition coefficient (Wildman–Crippen LogP) is 3.98. The van der Waals surface area contributed by atoms with Crippen LogP contribution in [0, 0.1) is 0 Å². The number of sulfone groups is 1. The Bertz CT molecular complexity index is 1500. The van der Waals surface area contributed by atoms with Crippen molar-refractivity contribution in [2.45, 2.75) is 30.5 Å². The lowest BCUT2D eigenvalue weighted by molar-refractivity contribution is -0.131. The van der Waals surface area contributed by atoms with Gasteiger partial charge in [0.1, 0.15) is 12.2 Å². The molecule has 2 heterocycles. The molecular formula is C27H27ClN2O6S. The maximum Gasteiger partial charge on any atom is 0.294 e. The molecule has 1 aliphatic rings. The SMILES string of the molecule is CS(=O)(=O)Cc1ccc(-c2ccc(-c3cc4nc(OC5COC(CO)C(O)C5)[nH]c4cc3Cl)cc2)cc1. The van der Waals surface area contributed by atoms with Gasteiger partial charge < -0.3 is 24.7 Å². The fourth-order valence-corrected chi connectivity index (χ4v) is 5.54. The van der Waals surface area contributed by atoms with E-state index in [2.05, 4.69) is 9.97 Å². The molecule has 1 fully saturated rings. The third-order valence-electron chi connectivity index (χ3n) is 6.35. The summed E-state index contributed by atoms with van der Waals surface area (Å²) < 4.78 is 34.4. The van der Waals surface area contributed by atoms with Gasteiger partial charge in [-0.2, -0.15) is 4.98 Å². The topological polar surface area (TPSA) is 122 Å². The second-order valence-corrected chi connectivity index (χ2v) is 11.9. The highest BCUT2D eigenvalue weighted by Crippen LogP contribution is 2.34. The minimum Gasteiger partial charge on any atom is -0.459 e. The van der Waals surface area contributed by atoms with Crippen molar-refractivity contribution in [3.8, 4) is 28.3 Å². The zero-order chi connectivity index (χ0) is 26.2. The van der Waals surface area contributed by atoms with Crippen molar-refractivity contribution < 1.29 is 28.1 Å². The first-order valence-electron chi connectivity index (χ1n) is 11.8. The lowest BCUT2D eigenvalue weighted by Crippen LogP contribution is -2.45. The van der Waals surface area contributed by atoms with Crippen LogP contribution in [-0.4, -0.2) is 66.4 Å². The Morgan fingerprint density at radius 3 is 2.35 bits per heavy atom. The Labute approximate surface area is 219 Å². The van der Waals surface area contributed by atoms with Crippen molar-refractivity contribution in [3.05, 3.63) is 71.2 Å². The Balaban J connectivity index is 1.32. The molecule has 3 N–H and O–H groups in total. The maximum absolute atomic E-state index is 11.5. The molecule has 10 heteroatoms. The summed E-state index contributed by atoms with van der Waals surface area (Å²) >= 11 is 6.60. The number of aliphatic hydroxyl groups is 2. The maximum atomic E-state index is 11.5. The van der Waals surface area contributed by atoms with Gasteiger partial charge >= 0.3 is 0 Å². The molecule has 0 radical (unpaired) electrons. The Hall–Kier alpha value is -2.95. The minimum atomic E-state index is -3.07. The van der Waals surface area contributed by atoms with Gasteiger partial charge in [0.25, 0.3) is 6.01 Å². The van der Waals surface area contributed by atoms with E-state index in [0.29, 0.717) is 23.0 Å². The van der Waals surface area contributed by atoms with E-state index in [9.17, 15) is 18.6 Å². The zero-order valence-corrected chi connectivity index (χ0v) is 21.7. The summed E-state index contributed by atoms with van der Waals surface area (Å²) in [6, 6.07) is 19.4. The van der Waals surface area contributed by atoms with Gasteiger partial charge in [0, 0.05) is 18.2 Å². The fourth-order valence-electron chi connectivity index (χ4n) is 4.47. The van der Waals surface area contributed by atoms with Gasteiger partial charge in [0.15, 0.2) is 9.84 Å². The summed E-state index contributed by atoms with van der Waals surface area (Å²) in [6.07, 6.45) is -0.225. The highest BCUT2D eigenvalue weighted by molar-refractivity contribution is 7.89. The average molecular weight is 543 g/mol. The van der Waals surface area contributed by atoms with E-state index < -0.39 is 22.0 Å². The predicted molar refractivity (Wildman–Crippen MR) is 142 cm³/mol. The van der Waals surface area contributed by atoms with Crippen molar-refractivity contribution in [1.82, 2.24) is 9.97 Å². The van der Waals surface area contributed by atoms with Crippen molar-refractivity contribution in [2.75, 3.05) is 19.5 Å². The number of benzene rings is 3. The lowest BCUT2D eigenvalue weighted by Gasteiger charge is -2.31. The van der Waals surface area contributed by atoms with Crippen molar-refractivity contribution in [3.63, 3.8) is 0 Å². The van der Waals surface area contributed by atoms with Crippen LogP contribution in [0.4, 0.5) is 0 Å². The number of hydrogen-bond donors (Lipinski definition) is 3. The fraction of sp³-hybridized carbons (Fsp3) is 0.296. The van der Waals surface area contributed by atoms with Crippen LogP contribution in [0.1, 0.15) is 12.0 Å². The van der Waals surface area contributed by atoms with Gasteiger partial charge in [0.2, 0.25) is 0 Å². The molecule has 0 aliphatic carbocycles. The number of nitrogens with one attached hydrogen (secondary N) is 1. The van der Waals surface area contributed by atoms with E-state index in [1.165, 1.54) is 6.26 Å². The quantitative estimate of drug-likeness (QED) is 0.323. The molecule has 8 nitrogen and oxygen atoms in total. The summed E-state index contributed by atoms with van der Waals surface area (Å²) in [4.78, 5) is 7.64. The number of aromatic nitrogens is 2. The first kappa shape index (κ1) is 25.7. The molecule has 0 amide bonds. The van der Waals surface area contributed by atoms with E-state index in [1.807, 2.05) is 54.6 Å². The largest absolute Gasteiger partial charge is 0.459 e. The average Bonchev–Trinajstić information content (AvgIpc) is 3.24. The van der Waals surface area contributed by atoms with Gasteiger partial charge in [-0.3, -0.25) is 0 Å². The normalized spacial score (nSPS) is 20.3. The van der Waals surface area contributed by atoms with Crippen molar-refractivity contribution in [2.24, 2.45) is 0 Å². The Morgan fingerprint density at radius 2 is 1.73 bits per heavy atom. The number of rotatable bonds is 7. The molecule has 1 saturated heterocycles. The minimum absolute atomic E-state index is 0.0215. The summed E-state index contributed by atoms with van der Waals surface area (Å²) in [7, 11) is -3.07. The summed E-state index contributed by atoms with van der Waals surface area (Å²) in [6.45, 7) is 0.0105. The summed E-state index contributed by atoms with van der Waals surface area (Å²) in [5.41, 5.74) is 5.90. The molecule has 4 aromatic rings. The molecule has 3 aromatic carbocycles. The smallest absolute Gasteiger partial charge is 0.294 e.